The number of ether oxygens (including phenoxy) is 1. The summed E-state index contributed by atoms with van der Waals surface area (Å²) < 4.78 is 5.60. The Bertz CT molecular complexity index is 1000. The molecule has 0 spiro atoms. The Morgan fingerprint density at radius 2 is 1.59 bits per heavy atom. The lowest BCUT2D eigenvalue weighted by atomic mass is 9.96. The third-order valence-corrected chi connectivity index (χ3v) is 6.56. The predicted octanol–water partition coefficient (Wildman–Crippen LogP) is 4.70. The van der Waals surface area contributed by atoms with Crippen molar-refractivity contribution < 1.29 is 24.2 Å². The van der Waals surface area contributed by atoms with E-state index in [1.54, 1.807) is 6.92 Å². The van der Waals surface area contributed by atoms with E-state index in [0.717, 1.165) is 22.3 Å². The van der Waals surface area contributed by atoms with Gasteiger partial charge in [-0.1, -0.05) is 68.8 Å². The van der Waals surface area contributed by atoms with Gasteiger partial charge in [0.15, 0.2) is 0 Å². The van der Waals surface area contributed by atoms with Gasteiger partial charge in [0.1, 0.15) is 12.6 Å². The lowest BCUT2D eigenvalue weighted by Gasteiger charge is -2.27. The molecular formula is C27H34N2O5. The molecule has 7 heteroatoms. The summed E-state index contributed by atoms with van der Waals surface area (Å²) in [5, 5.41) is 14.8. The van der Waals surface area contributed by atoms with Crippen LogP contribution in [0.1, 0.15) is 64.0 Å². The van der Waals surface area contributed by atoms with Crippen LogP contribution in [0.4, 0.5) is 4.79 Å². The van der Waals surface area contributed by atoms with Crippen LogP contribution in [0.5, 0.6) is 0 Å². The van der Waals surface area contributed by atoms with Gasteiger partial charge in [-0.15, -0.1) is 0 Å². The van der Waals surface area contributed by atoms with Gasteiger partial charge in [-0.3, -0.25) is 4.79 Å². The number of aliphatic carboxylic acids is 1. The molecule has 0 saturated heterocycles. The number of carboxylic acids is 1. The van der Waals surface area contributed by atoms with Crippen molar-refractivity contribution >= 4 is 18.0 Å². The van der Waals surface area contributed by atoms with Gasteiger partial charge in [-0.25, -0.2) is 9.59 Å². The first kappa shape index (κ1) is 25.3. The van der Waals surface area contributed by atoms with Crippen LogP contribution < -0.4 is 10.6 Å². The molecule has 2 aromatic rings. The van der Waals surface area contributed by atoms with Crippen LogP contribution in [0.3, 0.4) is 0 Å². The van der Waals surface area contributed by atoms with Gasteiger partial charge in [-0.05, 0) is 48.4 Å². The fourth-order valence-electron chi connectivity index (χ4n) is 4.33. The number of rotatable bonds is 10. The van der Waals surface area contributed by atoms with Gasteiger partial charge in [0.05, 0.1) is 0 Å². The number of alkyl carbamates (subject to hydrolysis) is 1. The number of hydrogen-bond acceptors (Lipinski definition) is 4. The molecule has 1 aliphatic carbocycles. The fraction of sp³-hybridized carbons (Fsp3) is 0.444. The molecule has 2 amide bonds. The number of carbonyl (C=O) groups excluding carboxylic acids is 2. The van der Waals surface area contributed by atoms with E-state index in [1.807, 2.05) is 45.0 Å². The van der Waals surface area contributed by atoms with Crippen molar-refractivity contribution in [1.29, 1.82) is 0 Å². The zero-order valence-electron chi connectivity index (χ0n) is 20.3. The minimum atomic E-state index is -1.04. The number of amides is 2. The molecule has 7 nitrogen and oxygen atoms in total. The second-order valence-corrected chi connectivity index (χ2v) is 9.60. The van der Waals surface area contributed by atoms with Gasteiger partial charge < -0.3 is 20.5 Å². The molecule has 3 rings (SSSR count). The molecule has 3 N–H and O–H groups in total. The monoisotopic (exact) mass is 466 g/mol. The Kier molecular flexibility index (Phi) is 7.97. The maximum Gasteiger partial charge on any atom is 0.407 e. The molecule has 34 heavy (non-hydrogen) atoms. The van der Waals surface area contributed by atoms with E-state index in [-0.39, 0.29) is 30.8 Å². The van der Waals surface area contributed by atoms with E-state index in [4.69, 9.17) is 4.74 Å². The number of hydrogen-bond donors (Lipinski definition) is 3. The summed E-state index contributed by atoms with van der Waals surface area (Å²) in [6, 6.07) is 15.4. The van der Waals surface area contributed by atoms with E-state index in [0.29, 0.717) is 12.8 Å². The molecule has 0 aromatic heterocycles. The zero-order valence-corrected chi connectivity index (χ0v) is 20.3. The first-order valence-corrected chi connectivity index (χ1v) is 11.8. The summed E-state index contributed by atoms with van der Waals surface area (Å²) in [6.45, 7) is 7.51. The zero-order chi connectivity index (χ0) is 24.9. The number of fused-ring (bicyclic) bond motifs is 3. The molecule has 1 aliphatic rings. The average Bonchev–Trinajstić information content (AvgIpc) is 3.12. The molecule has 182 valence electrons. The third kappa shape index (κ3) is 5.95. The minimum Gasteiger partial charge on any atom is -0.480 e. The van der Waals surface area contributed by atoms with Crippen molar-refractivity contribution in [3.63, 3.8) is 0 Å². The van der Waals surface area contributed by atoms with Crippen molar-refractivity contribution in [3.05, 3.63) is 59.7 Å². The smallest absolute Gasteiger partial charge is 0.407 e. The highest BCUT2D eigenvalue weighted by atomic mass is 16.5. The Hall–Kier alpha value is -3.35. The van der Waals surface area contributed by atoms with Crippen molar-refractivity contribution in [2.75, 3.05) is 6.61 Å². The van der Waals surface area contributed by atoms with Crippen molar-refractivity contribution in [3.8, 4) is 11.1 Å². The second kappa shape index (κ2) is 10.7. The minimum absolute atomic E-state index is 0.0273. The topological polar surface area (TPSA) is 105 Å². The highest BCUT2D eigenvalue weighted by Crippen LogP contribution is 2.44. The largest absolute Gasteiger partial charge is 0.480 e. The molecule has 0 radical (unpaired) electrons. The third-order valence-electron chi connectivity index (χ3n) is 6.56. The van der Waals surface area contributed by atoms with Gasteiger partial charge >= 0.3 is 12.1 Å². The van der Waals surface area contributed by atoms with Crippen LogP contribution >= 0.6 is 0 Å². The summed E-state index contributed by atoms with van der Waals surface area (Å²) >= 11 is 0. The van der Waals surface area contributed by atoms with Crippen molar-refractivity contribution in [2.45, 2.75) is 64.5 Å². The molecule has 1 unspecified atom stereocenters. The Balaban J connectivity index is 1.53. The van der Waals surface area contributed by atoms with Crippen molar-refractivity contribution in [1.82, 2.24) is 10.6 Å². The maximum atomic E-state index is 12.6. The van der Waals surface area contributed by atoms with Gasteiger partial charge in [0.2, 0.25) is 5.91 Å². The van der Waals surface area contributed by atoms with Crippen LogP contribution in [0.25, 0.3) is 11.1 Å². The van der Waals surface area contributed by atoms with E-state index < -0.39 is 23.6 Å². The average molecular weight is 467 g/mol. The normalized spacial score (nSPS) is 14.5. The summed E-state index contributed by atoms with van der Waals surface area (Å²) in [6.07, 6.45) is 0.536. The van der Waals surface area contributed by atoms with Crippen LogP contribution in [0, 0.1) is 5.92 Å². The summed E-state index contributed by atoms with van der Waals surface area (Å²) in [7, 11) is 0. The molecule has 2 atom stereocenters. The fourth-order valence-corrected chi connectivity index (χ4v) is 4.33. The maximum absolute atomic E-state index is 12.6. The number of nitrogens with one attached hydrogen (secondary N) is 2. The SMILES string of the molecule is CCC(C)[C@H](NC(=O)CCC(C)(C)NC(=O)OCC1c2ccccc2-c2ccccc21)C(=O)O. The second-order valence-electron chi connectivity index (χ2n) is 9.60. The van der Waals surface area contributed by atoms with Gasteiger partial charge in [-0.2, -0.15) is 0 Å². The molecular weight excluding hydrogens is 432 g/mol. The Morgan fingerprint density at radius 3 is 2.12 bits per heavy atom. The van der Waals surface area contributed by atoms with Crippen molar-refractivity contribution in [2.24, 2.45) is 5.92 Å². The molecule has 0 bridgehead atoms. The van der Waals surface area contributed by atoms with E-state index >= 15 is 0 Å². The summed E-state index contributed by atoms with van der Waals surface area (Å²) in [5.74, 6) is -1.59. The van der Waals surface area contributed by atoms with Crippen LogP contribution in [0.2, 0.25) is 0 Å². The predicted molar refractivity (Wildman–Crippen MR) is 131 cm³/mol. The van der Waals surface area contributed by atoms with Gasteiger partial charge in [0, 0.05) is 17.9 Å². The lowest BCUT2D eigenvalue weighted by Crippen LogP contribution is -2.47. The van der Waals surface area contributed by atoms with E-state index in [9.17, 15) is 19.5 Å². The number of benzene rings is 2. The van der Waals surface area contributed by atoms with Crippen LogP contribution in [0.15, 0.2) is 48.5 Å². The van der Waals surface area contributed by atoms with Crippen LogP contribution in [-0.2, 0) is 14.3 Å². The van der Waals surface area contributed by atoms with E-state index in [2.05, 4.69) is 34.9 Å². The molecule has 0 fully saturated rings. The van der Waals surface area contributed by atoms with Crippen LogP contribution in [-0.4, -0.2) is 41.3 Å². The number of carboxylic acid groups (broad SMARTS) is 1. The molecule has 2 aromatic carbocycles. The Morgan fingerprint density at radius 1 is 1.03 bits per heavy atom. The Labute approximate surface area is 200 Å². The molecule has 0 aliphatic heterocycles. The number of carbonyl (C=O) groups is 3. The highest BCUT2D eigenvalue weighted by Gasteiger charge is 2.30. The summed E-state index contributed by atoms with van der Waals surface area (Å²) in [5.41, 5.74) is 3.91. The lowest BCUT2D eigenvalue weighted by molar-refractivity contribution is -0.143. The summed E-state index contributed by atoms with van der Waals surface area (Å²) in [4.78, 5) is 36.3. The molecule has 0 heterocycles. The molecule has 0 saturated carbocycles. The first-order chi connectivity index (χ1) is 16.1. The van der Waals surface area contributed by atoms with Gasteiger partial charge in [0.25, 0.3) is 0 Å². The highest BCUT2D eigenvalue weighted by molar-refractivity contribution is 5.84. The van der Waals surface area contributed by atoms with E-state index in [1.165, 1.54) is 0 Å². The standard InChI is InChI=1S/C27H34N2O5/c1-5-17(2)24(25(31)32)28-23(30)14-15-27(3,4)29-26(33)34-16-22-20-12-8-6-10-18(20)19-11-7-9-13-21(19)22/h6-13,17,22,24H,5,14-16H2,1-4H3,(H,28,30)(H,29,33)(H,31,32)/t17?,24-/m0/s1. The quantitative estimate of drug-likeness (QED) is 0.471. The first-order valence-electron chi connectivity index (χ1n) is 11.8.